The van der Waals surface area contributed by atoms with E-state index in [0.29, 0.717) is 6.42 Å². The van der Waals surface area contributed by atoms with Crippen LogP contribution in [0.4, 0.5) is 5.69 Å². The first-order valence-corrected chi connectivity index (χ1v) is 8.78. The molecule has 0 aliphatic carbocycles. The Morgan fingerprint density at radius 1 is 1.24 bits per heavy atom. The van der Waals surface area contributed by atoms with Gasteiger partial charge in [0.05, 0.1) is 7.11 Å². The van der Waals surface area contributed by atoms with Crippen LogP contribution in [0.3, 0.4) is 0 Å². The Bertz CT molecular complexity index is 830. The predicted octanol–water partition coefficient (Wildman–Crippen LogP) is 4.77. The molecule has 0 spiro atoms. The average molecular weight is 356 g/mol. The first kappa shape index (κ1) is 17.6. The molecule has 0 N–H and O–H groups in total. The second kappa shape index (κ2) is 6.93. The number of fused-ring (bicyclic) bond motifs is 1. The molecule has 0 saturated carbocycles. The van der Waals surface area contributed by atoms with E-state index in [4.69, 9.17) is 16.3 Å². The van der Waals surface area contributed by atoms with Crippen LogP contribution in [0.2, 0.25) is 5.02 Å². The first-order valence-electron chi connectivity index (χ1n) is 8.40. The number of hydrogen-bond donors (Lipinski definition) is 0. The van der Waals surface area contributed by atoms with E-state index in [1.807, 2.05) is 30.3 Å². The molecule has 0 radical (unpaired) electrons. The Morgan fingerprint density at radius 3 is 2.64 bits per heavy atom. The number of allylic oxidation sites excluding steroid dienone is 2. The highest BCUT2D eigenvalue weighted by atomic mass is 35.5. The number of ether oxygens (including phenoxy) is 1. The van der Waals surface area contributed by atoms with E-state index in [-0.39, 0.29) is 5.41 Å². The van der Waals surface area contributed by atoms with Crippen molar-refractivity contribution >= 4 is 23.6 Å². The maximum atomic E-state index is 11.3. The van der Waals surface area contributed by atoms with Crippen molar-refractivity contribution in [1.82, 2.24) is 0 Å². The third kappa shape index (κ3) is 2.93. The van der Waals surface area contributed by atoms with Crippen molar-refractivity contribution in [2.24, 2.45) is 0 Å². The molecule has 0 aromatic heterocycles. The van der Waals surface area contributed by atoms with Crippen LogP contribution in [0, 0.1) is 0 Å². The summed E-state index contributed by atoms with van der Waals surface area (Å²) in [6.45, 7) is 5.05. The summed E-state index contributed by atoms with van der Waals surface area (Å²) < 4.78 is 5.44. The SMILES string of the molecule is CCN1/C(=C\C=O)C(C)(Cc2ccccc2Cl)c2cc(OC)ccc21. The van der Waals surface area contributed by atoms with Gasteiger partial charge >= 0.3 is 0 Å². The predicted molar refractivity (Wildman–Crippen MR) is 103 cm³/mol. The second-order valence-electron chi connectivity index (χ2n) is 6.42. The summed E-state index contributed by atoms with van der Waals surface area (Å²) in [7, 11) is 1.67. The second-order valence-corrected chi connectivity index (χ2v) is 6.82. The summed E-state index contributed by atoms with van der Waals surface area (Å²) in [5, 5.41) is 0.744. The van der Waals surface area contributed by atoms with E-state index in [1.165, 1.54) is 0 Å². The topological polar surface area (TPSA) is 29.5 Å². The zero-order chi connectivity index (χ0) is 18.0. The van der Waals surface area contributed by atoms with Crippen molar-refractivity contribution < 1.29 is 9.53 Å². The van der Waals surface area contributed by atoms with Crippen molar-refractivity contribution in [2.45, 2.75) is 25.7 Å². The minimum atomic E-state index is -0.355. The van der Waals surface area contributed by atoms with E-state index in [9.17, 15) is 4.79 Å². The number of halogens is 1. The lowest BCUT2D eigenvalue weighted by atomic mass is 9.76. The standard InChI is InChI=1S/C21H22ClNO2/c1-4-23-19-10-9-16(25-3)13-17(19)21(2,20(23)11-12-24)14-15-7-5-6-8-18(15)22/h5-13H,4,14H2,1-3H3/b20-11-. The van der Waals surface area contributed by atoms with Crippen molar-refractivity contribution in [3.8, 4) is 5.75 Å². The van der Waals surface area contributed by atoms with Gasteiger partial charge in [0.25, 0.3) is 0 Å². The molecule has 0 fully saturated rings. The number of rotatable bonds is 5. The molecular formula is C21H22ClNO2. The minimum absolute atomic E-state index is 0.355. The van der Waals surface area contributed by atoms with Crippen LogP contribution >= 0.6 is 11.6 Å². The van der Waals surface area contributed by atoms with Gasteiger partial charge in [-0.1, -0.05) is 29.8 Å². The highest BCUT2D eigenvalue weighted by Gasteiger charge is 2.43. The number of anilines is 1. The molecule has 2 aromatic rings. The molecule has 0 amide bonds. The van der Waals surface area contributed by atoms with Gasteiger partial charge in [-0.2, -0.15) is 0 Å². The molecule has 1 aliphatic rings. The molecule has 3 rings (SSSR count). The summed E-state index contributed by atoms with van der Waals surface area (Å²) in [5.74, 6) is 0.813. The maximum absolute atomic E-state index is 11.3. The summed E-state index contributed by atoms with van der Waals surface area (Å²) in [6.07, 6.45) is 3.25. The van der Waals surface area contributed by atoms with Crippen LogP contribution in [0.1, 0.15) is 25.0 Å². The van der Waals surface area contributed by atoms with Crippen LogP contribution < -0.4 is 9.64 Å². The van der Waals surface area contributed by atoms with Crippen LogP contribution in [0.15, 0.2) is 54.2 Å². The first-order chi connectivity index (χ1) is 12.0. The Morgan fingerprint density at radius 2 is 2.00 bits per heavy atom. The monoisotopic (exact) mass is 355 g/mol. The normalized spacial score (nSPS) is 20.6. The fourth-order valence-corrected chi connectivity index (χ4v) is 3.98. The zero-order valence-electron chi connectivity index (χ0n) is 14.8. The van der Waals surface area contributed by atoms with Crippen molar-refractivity contribution in [2.75, 3.05) is 18.6 Å². The van der Waals surface area contributed by atoms with Crippen molar-refractivity contribution in [3.05, 3.63) is 70.4 Å². The van der Waals surface area contributed by atoms with Crippen LogP contribution in [-0.4, -0.2) is 19.9 Å². The van der Waals surface area contributed by atoms with Gasteiger partial charge in [0, 0.05) is 28.4 Å². The van der Waals surface area contributed by atoms with E-state index < -0.39 is 0 Å². The van der Waals surface area contributed by atoms with Gasteiger partial charge in [0.2, 0.25) is 0 Å². The lowest BCUT2D eigenvalue weighted by molar-refractivity contribution is -0.104. The molecule has 1 unspecified atom stereocenters. The van der Waals surface area contributed by atoms with Crippen LogP contribution in [-0.2, 0) is 16.6 Å². The van der Waals surface area contributed by atoms with Gasteiger partial charge < -0.3 is 9.64 Å². The largest absolute Gasteiger partial charge is 0.497 e. The summed E-state index contributed by atoms with van der Waals surface area (Å²) in [5.41, 5.74) is 3.97. The van der Waals surface area contributed by atoms with Crippen LogP contribution in [0.5, 0.6) is 5.75 Å². The number of methoxy groups -OCH3 is 1. The lowest BCUT2D eigenvalue weighted by Crippen LogP contribution is -2.30. The minimum Gasteiger partial charge on any atom is -0.497 e. The number of carbonyl (C=O) groups excluding carboxylic acids is 1. The third-order valence-corrected chi connectivity index (χ3v) is 5.36. The number of benzene rings is 2. The number of likely N-dealkylation sites (N-methyl/N-ethyl adjacent to an activating group) is 1. The Labute approximate surface area is 153 Å². The van der Waals surface area contributed by atoms with Gasteiger partial charge in [-0.15, -0.1) is 0 Å². The van der Waals surface area contributed by atoms with Crippen molar-refractivity contribution in [3.63, 3.8) is 0 Å². The fourth-order valence-electron chi connectivity index (χ4n) is 3.77. The van der Waals surface area contributed by atoms with Gasteiger partial charge in [-0.05, 0) is 61.7 Å². The Hall–Kier alpha value is -2.26. The smallest absolute Gasteiger partial charge is 0.144 e. The van der Waals surface area contributed by atoms with Gasteiger partial charge in [0.1, 0.15) is 12.0 Å². The Balaban J connectivity index is 2.19. The van der Waals surface area contributed by atoms with Gasteiger partial charge in [-0.3, -0.25) is 4.79 Å². The summed E-state index contributed by atoms with van der Waals surface area (Å²) in [6, 6.07) is 14.0. The van der Waals surface area contributed by atoms with Gasteiger partial charge in [-0.25, -0.2) is 0 Å². The molecule has 3 nitrogen and oxygen atoms in total. The zero-order valence-corrected chi connectivity index (χ0v) is 15.5. The average Bonchev–Trinajstić information content (AvgIpc) is 2.85. The number of aldehydes is 1. The molecule has 25 heavy (non-hydrogen) atoms. The molecule has 1 heterocycles. The highest BCUT2D eigenvalue weighted by molar-refractivity contribution is 6.31. The molecule has 1 aliphatic heterocycles. The number of nitrogens with zero attached hydrogens (tertiary/aromatic N) is 1. The van der Waals surface area contributed by atoms with E-state index in [0.717, 1.165) is 46.1 Å². The molecule has 2 aromatic carbocycles. The van der Waals surface area contributed by atoms with E-state index in [1.54, 1.807) is 13.2 Å². The molecular weight excluding hydrogens is 334 g/mol. The van der Waals surface area contributed by atoms with E-state index >= 15 is 0 Å². The van der Waals surface area contributed by atoms with Gasteiger partial charge in [0.15, 0.2) is 0 Å². The Kier molecular flexibility index (Phi) is 4.87. The van der Waals surface area contributed by atoms with Crippen LogP contribution in [0.25, 0.3) is 0 Å². The summed E-state index contributed by atoms with van der Waals surface area (Å²) >= 11 is 6.42. The molecule has 130 valence electrons. The molecule has 0 saturated heterocycles. The molecule has 0 bridgehead atoms. The molecule has 4 heteroatoms. The molecule has 1 atom stereocenters. The number of carbonyl (C=O) groups is 1. The lowest BCUT2D eigenvalue weighted by Gasteiger charge is -2.30. The fraction of sp³-hybridized carbons (Fsp3) is 0.286. The van der Waals surface area contributed by atoms with Crippen molar-refractivity contribution in [1.29, 1.82) is 0 Å². The highest BCUT2D eigenvalue weighted by Crippen LogP contribution is 2.50. The van der Waals surface area contributed by atoms with E-state index in [2.05, 4.69) is 30.9 Å². The third-order valence-electron chi connectivity index (χ3n) is 4.99. The number of hydrogen-bond acceptors (Lipinski definition) is 3. The quantitative estimate of drug-likeness (QED) is 0.571. The summed E-state index contributed by atoms with van der Waals surface area (Å²) in [4.78, 5) is 13.5. The maximum Gasteiger partial charge on any atom is 0.144 e.